The molecular weight excluding hydrogens is 171 g/mol. The van der Waals surface area contributed by atoms with Gasteiger partial charge in [0, 0.05) is 0 Å². The maximum absolute atomic E-state index is 9.99. The van der Waals surface area contributed by atoms with Gasteiger partial charge in [0.1, 0.15) is 10.1 Å². The van der Waals surface area contributed by atoms with Crippen LogP contribution in [0.2, 0.25) is 0 Å². The Morgan fingerprint density at radius 2 is 1.89 bits per heavy atom. The van der Waals surface area contributed by atoms with Gasteiger partial charge in [0.05, 0.1) is 4.58 Å². The van der Waals surface area contributed by atoms with Crippen LogP contribution in [0, 0.1) is 0 Å². The zero-order chi connectivity index (χ0) is 6.78. The summed E-state index contributed by atoms with van der Waals surface area (Å²) in [5, 5.41) is 0. The summed E-state index contributed by atoms with van der Waals surface area (Å²) in [6, 6.07) is 0. The van der Waals surface area contributed by atoms with Gasteiger partial charge in [-0.1, -0.05) is 0 Å². The molecule has 1 atom stereocenters. The molecule has 50 valence electrons. The van der Waals surface area contributed by atoms with Crippen molar-refractivity contribution in [1.29, 1.82) is 0 Å². The third-order valence-electron chi connectivity index (χ3n) is 0.738. The van der Waals surface area contributed by atoms with Crippen LogP contribution in [-0.2, 0) is 10.1 Å². The van der Waals surface area contributed by atoms with Gasteiger partial charge in [-0.2, -0.15) is 0 Å². The first-order chi connectivity index (χ1) is 3.48. The number of rotatable bonds is 2. The van der Waals surface area contributed by atoms with Crippen molar-refractivity contribution < 1.29 is 42.5 Å². The predicted molar refractivity (Wildman–Crippen MR) is 32.7 cm³/mol. The molecule has 0 aliphatic carbocycles. The third kappa shape index (κ3) is 5.69. The molecule has 9 heavy (non-hydrogen) atoms. The van der Waals surface area contributed by atoms with E-state index in [1.807, 2.05) is 0 Å². The quantitative estimate of drug-likeness (QED) is 0.340. The molecule has 0 aliphatic heterocycles. The molecule has 0 heterocycles. The second-order valence-electron chi connectivity index (χ2n) is 1.30. The van der Waals surface area contributed by atoms with E-state index in [2.05, 4.69) is 0 Å². The molecule has 0 radical (unpaired) electrons. The van der Waals surface area contributed by atoms with Crippen molar-refractivity contribution >= 4 is 21.9 Å². The second-order valence-corrected chi connectivity index (χ2v) is 4.47. The fourth-order valence-corrected chi connectivity index (χ4v) is 1.06. The summed E-state index contributed by atoms with van der Waals surface area (Å²) in [5.74, 6) is 0. The fraction of sp³-hybridized carbons (Fsp3) is 1.00. The van der Waals surface area contributed by atoms with Crippen molar-refractivity contribution in [2.75, 3.05) is 6.26 Å². The standard InChI is InChI=1S/C3H8O3S2.Na/c1-3(7-2)8(4,5)6;/h3H,1-2H3,(H,4,5,6);/q;+1/p-1. The van der Waals surface area contributed by atoms with Crippen molar-refractivity contribution in [2.45, 2.75) is 11.5 Å². The smallest absolute Gasteiger partial charge is 0.747 e. The second kappa shape index (κ2) is 4.98. The van der Waals surface area contributed by atoms with Crippen LogP contribution in [-0.4, -0.2) is 23.8 Å². The average Bonchev–Trinajstić information content (AvgIpc) is 1.62. The van der Waals surface area contributed by atoms with Crippen molar-refractivity contribution in [2.24, 2.45) is 0 Å². The molecule has 0 fully saturated rings. The van der Waals surface area contributed by atoms with E-state index >= 15 is 0 Å². The first-order valence-electron chi connectivity index (χ1n) is 1.96. The largest absolute Gasteiger partial charge is 1.00 e. The summed E-state index contributed by atoms with van der Waals surface area (Å²) < 4.78 is 29.1. The van der Waals surface area contributed by atoms with Crippen molar-refractivity contribution in [3.8, 4) is 0 Å². The van der Waals surface area contributed by atoms with Crippen LogP contribution >= 0.6 is 11.8 Å². The molecule has 0 N–H and O–H groups in total. The van der Waals surface area contributed by atoms with Crippen LogP contribution in [0.4, 0.5) is 0 Å². The minimum Gasteiger partial charge on any atom is -0.747 e. The molecule has 0 amide bonds. The summed E-state index contributed by atoms with van der Waals surface area (Å²) in [7, 11) is -4.04. The first kappa shape index (κ1) is 12.9. The molecule has 0 spiro atoms. The van der Waals surface area contributed by atoms with Crippen molar-refractivity contribution in [3.05, 3.63) is 0 Å². The van der Waals surface area contributed by atoms with E-state index < -0.39 is 14.7 Å². The molecule has 0 aromatic carbocycles. The fourth-order valence-electron chi connectivity index (χ4n) is 0.118. The maximum Gasteiger partial charge on any atom is 1.00 e. The Bertz CT molecular complexity index is 152. The van der Waals surface area contributed by atoms with Gasteiger partial charge in [-0.3, -0.25) is 0 Å². The van der Waals surface area contributed by atoms with Crippen LogP contribution < -0.4 is 29.6 Å². The van der Waals surface area contributed by atoms with Gasteiger partial charge in [-0.15, -0.1) is 11.8 Å². The molecule has 0 aromatic rings. The van der Waals surface area contributed by atoms with Gasteiger partial charge in [0.15, 0.2) is 0 Å². The van der Waals surface area contributed by atoms with Gasteiger partial charge in [0.2, 0.25) is 0 Å². The average molecular weight is 178 g/mol. The molecule has 6 heteroatoms. The van der Waals surface area contributed by atoms with Gasteiger partial charge in [-0.25, -0.2) is 8.42 Å². The van der Waals surface area contributed by atoms with E-state index in [1.165, 1.54) is 6.92 Å². The molecule has 0 saturated carbocycles. The van der Waals surface area contributed by atoms with Crippen LogP contribution in [0.1, 0.15) is 6.92 Å². The SMILES string of the molecule is CSC(C)S(=O)(=O)[O-].[Na+]. The van der Waals surface area contributed by atoms with Gasteiger partial charge in [-0.05, 0) is 13.2 Å². The van der Waals surface area contributed by atoms with Crippen molar-refractivity contribution in [3.63, 3.8) is 0 Å². The molecular formula is C3H7NaO3S2. The summed E-state index contributed by atoms with van der Waals surface area (Å²) in [4.78, 5) is 0. The van der Waals surface area contributed by atoms with E-state index in [-0.39, 0.29) is 29.6 Å². The van der Waals surface area contributed by atoms with Crippen LogP contribution in [0.15, 0.2) is 0 Å². The zero-order valence-corrected chi connectivity index (χ0v) is 9.25. The predicted octanol–water partition coefficient (Wildman–Crippen LogP) is -2.76. The van der Waals surface area contributed by atoms with E-state index in [9.17, 15) is 13.0 Å². The monoisotopic (exact) mass is 178 g/mol. The Morgan fingerprint density at radius 3 is 1.89 bits per heavy atom. The van der Waals surface area contributed by atoms with E-state index in [1.54, 1.807) is 6.26 Å². The summed E-state index contributed by atoms with van der Waals surface area (Å²) in [6.45, 7) is 1.37. The molecule has 3 nitrogen and oxygen atoms in total. The molecule has 0 saturated heterocycles. The van der Waals surface area contributed by atoms with Crippen LogP contribution in [0.25, 0.3) is 0 Å². The zero-order valence-electron chi connectivity index (χ0n) is 5.62. The van der Waals surface area contributed by atoms with Gasteiger partial charge in [0.25, 0.3) is 0 Å². The Balaban J connectivity index is 0. The molecule has 0 aromatic heterocycles. The van der Waals surface area contributed by atoms with Crippen LogP contribution in [0.3, 0.4) is 0 Å². The summed E-state index contributed by atoms with van der Waals surface area (Å²) >= 11 is 1.03. The van der Waals surface area contributed by atoms with E-state index in [4.69, 9.17) is 0 Å². The van der Waals surface area contributed by atoms with Gasteiger partial charge < -0.3 is 4.55 Å². The topological polar surface area (TPSA) is 57.2 Å². The van der Waals surface area contributed by atoms with Gasteiger partial charge >= 0.3 is 29.6 Å². The first-order valence-corrected chi connectivity index (χ1v) is 4.72. The maximum atomic E-state index is 9.99. The summed E-state index contributed by atoms with van der Waals surface area (Å²) in [6.07, 6.45) is 1.58. The molecule has 0 aliphatic rings. The van der Waals surface area contributed by atoms with Crippen LogP contribution in [0.5, 0.6) is 0 Å². The Hall–Kier alpha value is 1.26. The third-order valence-corrected chi connectivity index (χ3v) is 3.50. The number of hydrogen-bond acceptors (Lipinski definition) is 4. The summed E-state index contributed by atoms with van der Waals surface area (Å²) in [5.41, 5.74) is 0. The van der Waals surface area contributed by atoms with E-state index in [0.29, 0.717) is 0 Å². The Labute approximate surface area is 81.6 Å². The molecule has 1 unspecified atom stereocenters. The minimum absolute atomic E-state index is 0. The number of hydrogen-bond donors (Lipinski definition) is 0. The molecule has 0 bridgehead atoms. The normalized spacial score (nSPS) is 14.1. The minimum atomic E-state index is -4.04. The Kier molecular flexibility index (Phi) is 7.14. The molecule has 0 rings (SSSR count). The number of thioether (sulfide) groups is 1. The van der Waals surface area contributed by atoms with Crippen molar-refractivity contribution in [1.82, 2.24) is 0 Å². The Morgan fingerprint density at radius 1 is 1.56 bits per heavy atom. The van der Waals surface area contributed by atoms with E-state index in [0.717, 1.165) is 11.8 Å².